The van der Waals surface area contributed by atoms with E-state index in [9.17, 15) is 4.79 Å². The van der Waals surface area contributed by atoms with Crippen molar-refractivity contribution >= 4 is 27.5 Å². The molecule has 5 heteroatoms. The second-order valence-electron chi connectivity index (χ2n) is 3.95. The summed E-state index contributed by atoms with van der Waals surface area (Å²) in [6, 6.07) is 6.90. The molecule has 0 aliphatic carbocycles. The number of rotatable bonds is 3. The molecule has 0 unspecified atom stereocenters. The summed E-state index contributed by atoms with van der Waals surface area (Å²) in [6.07, 6.45) is 0. The fourth-order valence-electron chi connectivity index (χ4n) is 1.14. The number of hydrogen-bond donors (Lipinski definition) is 1. The van der Waals surface area contributed by atoms with Gasteiger partial charge in [0, 0.05) is 11.8 Å². The highest BCUT2D eigenvalue weighted by Gasteiger charge is 2.23. The molecule has 0 aliphatic heterocycles. The highest BCUT2D eigenvalue weighted by atomic mass is 79.9. The highest BCUT2D eigenvalue weighted by Crippen LogP contribution is 2.24. The van der Waals surface area contributed by atoms with Crippen molar-refractivity contribution in [3.8, 4) is 11.8 Å². The Morgan fingerprint density at radius 3 is 2.65 bits per heavy atom. The quantitative estimate of drug-likeness (QED) is 0.872. The van der Waals surface area contributed by atoms with Gasteiger partial charge in [-0.15, -0.1) is 0 Å². The largest absolute Gasteiger partial charge is 0.495 e. The molecule has 4 nitrogen and oxygen atoms in total. The van der Waals surface area contributed by atoms with Crippen LogP contribution in [-0.4, -0.2) is 17.3 Å². The summed E-state index contributed by atoms with van der Waals surface area (Å²) in [5, 5.41) is 11.6. The van der Waals surface area contributed by atoms with Crippen LogP contribution >= 0.6 is 15.9 Å². The third-order valence-corrected chi connectivity index (χ3v) is 2.48. The van der Waals surface area contributed by atoms with Crippen LogP contribution in [0.1, 0.15) is 19.4 Å². The summed E-state index contributed by atoms with van der Waals surface area (Å²) >= 11 is 3.27. The maximum atomic E-state index is 11.7. The Morgan fingerprint density at radius 2 is 2.18 bits per heavy atom. The van der Waals surface area contributed by atoms with Crippen LogP contribution in [0.15, 0.2) is 18.2 Å². The summed E-state index contributed by atoms with van der Waals surface area (Å²) < 4.78 is 4.41. The summed E-state index contributed by atoms with van der Waals surface area (Å²) in [5.41, 5.74) is 1.03. The van der Waals surface area contributed by atoms with Crippen LogP contribution in [-0.2, 0) is 4.79 Å². The minimum Gasteiger partial charge on any atom is -0.495 e. The van der Waals surface area contributed by atoms with Gasteiger partial charge in [-0.1, -0.05) is 15.9 Å². The third-order valence-electron chi connectivity index (χ3n) is 2.12. The number of carbonyl (C=O) groups is 1. The molecule has 0 aliphatic rings. The maximum absolute atomic E-state index is 11.7. The van der Waals surface area contributed by atoms with Crippen LogP contribution in [0.2, 0.25) is 0 Å². The van der Waals surface area contributed by atoms with Crippen LogP contribution in [0, 0.1) is 11.3 Å². The first-order chi connectivity index (χ1) is 7.88. The van der Waals surface area contributed by atoms with Crippen molar-refractivity contribution in [1.82, 2.24) is 0 Å². The molecular formula is C12H13BrN2O2. The van der Waals surface area contributed by atoms with Crippen LogP contribution < -0.4 is 10.1 Å². The van der Waals surface area contributed by atoms with Crippen molar-refractivity contribution in [1.29, 1.82) is 5.26 Å². The van der Waals surface area contributed by atoms with Gasteiger partial charge < -0.3 is 10.1 Å². The topological polar surface area (TPSA) is 62.1 Å². The molecule has 0 heterocycles. The van der Waals surface area contributed by atoms with E-state index in [4.69, 9.17) is 10.00 Å². The normalized spacial score (nSPS) is 10.5. The lowest BCUT2D eigenvalue weighted by Crippen LogP contribution is -2.30. The minimum atomic E-state index is -0.645. The van der Waals surface area contributed by atoms with E-state index < -0.39 is 4.32 Å². The number of anilines is 1. The van der Waals surface area contributed by atoms with Crippen LogP contribution in [0.5, 0.6) is 5.75 Å². The molecule has 90 valence electrons. The lowest BCUT2D eigenvalue weighted by Gasteiger charge is -2.16. The molecule has 0 saturated carbocycles. The van der Waals surface area contributed by atoms with Gasteiger partial charge in [-0.2, -0.15) is 5.26 Å². The molecular weight excluding hydrogens is 284 g/mol. The number of nitrogens with one attached hydrogen (secondary N) is 1. The first kappa shape index (κ1) is 13.5. The van der Waals surface area contributed by atoms with E-state index in [1.807, 2.05) is 6.07 Å². The molecule has 1 N–H and O–H groups in total. The van der Waals surface area contributed by atoms with Gasteiger partial charge in [0.05, 0.1) is 17.0 Å². The van der Waals surface area contributed by atoms with Crippen molar-refractivity contribution in [3.05, 3.63) is 23.8 Å². The number of nitriles is 1. The van der Waals surface area contributed by atoms with Crippen molar-refractivity contribution in [2.45, 2.75) is 18.2 Å². The summed E-state index contributed by atoms with van der Waals surface area (Å²) in [5.74, 6) is 0.280. The predicted molar refractivity (Wildman–Crippen MR) is 69.3 cm³/mol. The van der Waals surface area contributed by atoms with E-state index in [1.54, 1.807) is 32.0 Å². The van der Waals surface area contributed by atoms with Crippen molar-refractivity contribution in [3.63, 3.8) is 0 Å². The van der Waals surface area contributed by atoms with Crippen LogP contribution in [0.4, 0.5) is 5.69 Å². The van der Waals surface area contributed by atoms with Gasteiger partial charge in [-0.25, -0.2) is 0 Å². The number of nitrogens with zero attached hydrogens (tertiary/aromatic N) is 1. The number of carbonyl (C=O) groups excluding carboxylic acids is 1. The molecule has 0 spiro atoms. The summed E-state index contributed by atoms with van der Waals surface area (Å²) in [6.45, 7) is 3.51. The van der Waals surface area contributed by atoms with E-state index in [-0.39, 0.29) is 5.91 Å². The van der Waals surface area contributed by atoms with Crippen LogP contribution in [0.25, 0.3) is 0 Å². The van der Waals surface area contributed by atoms with Crippen LogP contribution in [0.3, 0.4) is 0 Å². The number of alkyl halides is 1. The van der Waals surface area contributed by atoms with E-state index in [2.05, 4.69) is 21.2 Å². The minimum absolute atomic E-state index is 0.163. The number of ether oxygens (including phenoxy) is 1. The molecule has 0 atom stereocenters. The SMILES string of the molecule is COc1cc(NC(=O)C(C)(C)Br)ccc1C#N. The zero-order valence-corrected chi connectivity index (χ0v) is 11.5. The zero-order chi connectivity index (χ0) is 13.1. The van der Waals surface area contributed by atoms with E-state index >= 15 is 0 Å². The number of methoxy groups -OCH3 is 1. The summed E-state index contributed by atoms with van der Waals surface area (Å²) in [4.78, 5) is 11.7. The third kappa shape index (κ3) is 3.46. The van der Waals surface area contributed by atoms with Gasteiger partial charge in [0.2, 0.25) is 5.91 Å². The van der Waals surface area contributed by atoms with E-state index in [0.717, 1.165) is 0 Å². The van der Waals surface area contributed by atoms with Gasteiger partial charge in [-0.3, -0.25) is 4.79 Å². The Bertz CT molecular complexity index is 472. The molecule has 1 rings (SSSR count). The molecule has 1 aromatic carbocycles. The lowest BCUT2D eigenvalue weighted by molar-refractivity contribution is -0.117. The number of benzene rings is 1. The summed E-state index contributed by atoms with van der Waals surface area (Å²) in [7, 11) is 1.48. The molecule has 0 aromatic heterocycles. The monoisotopic (exact) mass is 296 g/mol. The predicted octanol–water partition coefficient (Wildman–Crippen LogP) is 2.68. The molecule has 1 amide bonds. The Morgan fingerprint density at radius 1 is 1.53 bits per heavy atom. The van der Waals surface area contributed by atoms with Gasteiger partial charge in [0.15, 0.2) is 0 Å². The average molecular weight is 297 g/mol. The van der Waals surface area contributed by atoms with Gasteiger partial charge in [0.1, 0.15) is 11.8 Å². The van der Waals surface area contributed by atoms with Crippen molar-refractivity contribution in [2.24, 2.45) is 0 Å². The molecule has 1 aromatic rings. The fourth-order valence-corrected chi connectivity index (χ4v) is 1.24. The Kier molecular flexibility index (Phi) is 4.13. The van der Waals surface area contributed by atoms with Gasteiger partial charge >= 0.3 is 0 Å². The molecule has 0 bridgehead atoms. The second kappa shape index (κ2) is 5.19. The first-order valence-electron chi connectivity index (χ1n) is 4.97. The number of halogens is 1. The number of amides is 1. The Balaban J connectivity index is 2.95. The molecule has 17 heavy (non-hydrogen) atoms. The Labute approximate surface area is 109 Å². The van der Waals surface area contributed by atoms with Gasteiger partial charge in [-0.05, 0) is 26.0 Å². The Hall–Kier alpha value is -1.54. The molecule has 0 radical (unpaired) electrons. The van der Waals surface area contributed by atoms with Gasteiger partial charge in [0.25, 0.3) is 0 Å². The number of hydrogen-bond acceptors (Lipinski definition) is 3. The molecule has 0 fully saturated rings. The smallest absolute Gasteiger partial charge is 0.240 e. The lowest BCUT2D eigenvalue weighted by atomic mass is 10.1. The average Bonchev–Trinajstić information content (AvgIpc) is 2.27. The maximum Gasteiger partial charge on any atom is 0.240 e. The van der Waals surface area contributed by atoms with Crippen molar-refractivity contribution in [2.75, 3.05) is 12.4 Å². The zero-order valence-electron chi connectivity index (χ0n) is 9.87. The fraction of sp³-hybridized carbons (Fsp3) is 0.333. The molecule has 0 saturated heterocycles. The first-order valence-corrected chi connectivity index (χ1v) is 5.76. The van der Waals surface area contributed by atoms with E-state index in [1.165, 1.54) is 7.11 Å². The van der Waals surface area contributed by atoms with Crippen molar-refractivity contribution < 1.29 is 9.53 Å². The standard InChI is InChI=1S/C12H13BrN2O2/c1-12(2,13)11(16)15-9-5-4-8(7-14)10(6-9)17-3/h4-6H,1-3H3,(H,15,16). The highest BCUT2D eigenvalue weighted by molar-refractivity contribution is 9.10. The second-order valence-corrected chi connectivity index (χ2v) is 5.94. The van der Waals surface area contributed by atoms with E-state index in [0.29, 0.717) is 17.0 Å².